The van der Waals surface area contributed by atoms with Crippen LogP contribution in [0, 0.1) is 11.6 Å². The lowest BCUT2D eigenvalue weighted by Gasteiger charge is -2.35. The van der Waals surface area contributed by atoms with Gasteiger partial charge in [-0.25, -0.2) is 8.78 Å². The van der Waals surface area contributed by atoms with Gasteiger partial charge >= 0.3 is 0 Å². The molecule has 43 heavy (non-hydrogen) atoms. The Hall–Kier alpha value is -3.50. The van der Waals surface area contributed by atoms with Gasteiger partial charge in [0.15, 0.2) is 5.65 Å². The number of aryl methyl sites for hydroxylation is 1. The summed E-state index contributed by atoms with van der Waals surface area (Å²) in [5.74, 6) is 0.0480. The highest BCUT2D eigenvalue weighted by Crippen LogP contribution is 2.21. The maximum Gasteiger partial charge on any atom is 0.275 e. The van der Waals surface area contributed by atoms with Crippen LogP contribution in [-0.4, -0.2) is 53.3 Å². The molecule has 4 heterocycles. The van der Waals surface area contributed by atoms with Crippen molar-refractivity contribution in [3.63, 3.8) is 0 Å². The molecule has 0 spiro atoms. The predicted molar refractivity (Wildman–Crippen MR) is 154 cm³/mol. The SMILES string of the molecule is CCn1c(=O)c2cccn2c2nc(OCCC[NH+]3CC[NH+](C(c4ccc(F)cc4)c4ccc(F)cc4)CC3)ccc21.[Cl-].[Cl-]. The van der Waals surface area contributed by atoms with Crippen LogP contribution >= 0.6 is 0 Å². The van der Waals surface area contributed by atoms with Crippen molar-refractivity contribution in [2.24, 2.45) is 0 Å². The molecule has 2 N–H and O–H groups in total. The average Bonchev–Trinajstić information content (AvgIpc) is 3.50. The molecule has 2 aromatic carbocycles. The standard InChI is InChI=1S/C32H33F2N5O2.2ClH/c1-2-38-27-14-15-29(35-31(27)39-17-3-5-28(39)32(38)40)41-22-4-16-36-18-20-37(21-19-36)30(23-6-10-25(33)11-7-23)24-8-12-26(34)13-9-24;;/h3,5-15,17,30H,2,4,16,18-22H2,1H3;2*1H. The number of aromatic nitrogens is 3. The quantitative estimate of drug-likeness (QED) is 0.165. The summed E-state index contributed by atoms with van der Waals surface area (Å²) in [5.41, 5.74) is 4.17. The Morgan fingerprint density at radius 1 is 0.860 bits per heavy atom. The fourth-order valence-corrected chi connectivity index (χ4v) is 6.13. The number of pyridine rings is 1. The van der Waals surface area contributed by atoms with E-state index in [0.29, 0.717) is 30.2 Å². The van der Waals surface area contributed by atoms with Crippen molar-refractivity contribution in [1.29, 1.82) is 0 Å². The van der Waals surface area contributed by atoms with Crippen molar-refractivity contribution >= 4 is 16.7 Å². The Bertz CT molecular complexity index is 1660. The highest BCUT2D eigenvalue weighted by Gasteiger charge is 2.31. The molecular formula is C32H35Cl2F2N5O2. The molecule has 1 saturated heterocycles. The Balaban J connectivity index is 0.00000212. The first-order valence-electron chi connectivity index (χ1n) is 14.3. The third kappa shape index (κ3) is 6.86. The Morgan fingerprint density at radius 3 is 2.09 bits per heavy atom. The van der Waals surface area contributed by atoms with Crippen LogP contribution < -0.4 is 44.9 Å². The van der Waals surface area contributed by atoms with Crippen molar-refractivity contribution < 1.29 is 48.1 Å². The summed E-state index contributed by atoms with van der Waals surface area (Å²) in [6.07, 6.45) is 2.76. The number of nitrogens with zero attached hydrogens (tertiary/aromatic N) is 3. The molecule has 3 aromatic heterocycles. The van der Waals surface area contributed by atoms with Gasteiger partial charge < -0.3 is 43.9 Å². The van der Waals surface area contributed by atoms with E-state index in [1.165, 1.54) is 34.1 Å². The van der Waals surface area contributed by atoms with E-state index in [1.54, 1.807) is 4.57 Å². The number of benzene rings is 2. The first-order valence-corrected chi connectivity index (χ1v) is 14.3. The van der Waals surface area contributed by atoms with Crippen LogP contribution in [0.3, 0.4) is 0 Å². The van der Waals surface area contributed by atoms with Crippen LogP contribution in [0.15, 0.2) is 83.8 Å². The zero-order valence-corrected chi connectivity index (χ0v) is 25.4. The molecule has 1 fully saturated rings. The van der Waals surface area contributed by atoms with Crippen molar-refractivity contribution in [2.75, 3.05) is 39.3 Å². The number of fused-ring (bicyclic) bond motifs is 3. The van der Waals surface area contributed by atoms with Gasteiger partial charge in [-0.15, -0.1) is 0 Å². The summed E-state index contributed by atoms with van der Waals surface area (Å²) in [6.45, 7) is 8.06. The molecule has 5 aromatic rings. The van der Waals surface area contributed by atoms with Gasteiger partial charge in [0.1, 0.15) is 49.4 Å². The molecule has 0 unspecified atom stereocenters. The van der Waals surface area contributed by atoms with Gasteiger partial charge in [0.2, 0.25) is 5.88 Å². The number of rotatable bonds is 9. The molecular weight excluding hydrogens is 595 g/mol. The summed E-state index contributed by atoms with van der Waals surface area (Å²) in [6, 6.07) is 20.8. The molecule has 1 aliphatic heterocycles. The van der Waals surface area contributed by atoms with Crippen LogP contribution in [0.1, 0.15) is 30.5 Å². The van der Waals surface area contributed by atoms with E-state index < -0.39 is 0 Å². The molecule has 1 aliphatic rings. The molecule has 0 amide bonds. The Kier molecular flexibility index (Phi) is 10.8. The maximum absolute atomic E-state index is 13.6. The fraction of sp³-hybridized carbons (Fsp3) is 0.312. The monoisotopic (exact) mass is 629 g/mol. The van der Waals surface area contributed by atoms with E-state index >= 15 is 0 Å². The summed E-state index contributed by atoms with van der Waals surface area (Å²) in [5, 5.41) is 0. The highest BCUT2D eigenvalue weighted by atomic mass is 35.5. The van der Waals surface area contributed by atoms with Crippen molar-refractivity contribution in [2.45, 2.75) is 25.9 Å². The minimum absolute atomic E-state index is 0. The number of ether oxygens (including phenoxy) is 1. The van der Waals surface area contributed by atoms with E-state index in [9.17, 15) is 13.6 Å². The number of nitrogens with one attached hydrogen (secondary N) is 2. The zero-order valence-electron chi connectivity index (χ0n) is 23.9. The Labute approximate surface area is 261 Å². The van der Waals surface area contributed by atoms with E-state index in [-0.39, 0.29) is 48.0 Å². The van der Waals surface area contributed by atoms with Gasteiger partial charge in [-0.3, -0.25) is 9.20 Å². The smallest absolute Gasteiger partial charge is 0.275 e. The first-order chi connectivity index (χ1) is 20.0. The molecule has 11 heteroatoms. The van der Waals surface area contributed by atoms with Crippen LogP contribution in [0.25, 0.3) is 16.7 Å². The largest absolute Gasteiger partial charge is 1.00 e. The van der Waals surface area contributed by atoms with Crippen LogP contribution in [-0.2, 0) is 6.54 Å². The normalized spacial score (nSPS) is 16.7. The van der Waals surface area contributed by atoms with Crippen LogP contribution in [0.5, 0.6) is 5.88 Å². The van der Waals surface area contributed by atoms with Gasteiger partial charge in [-0.2, -0.15) is 4.98 Å². The van der Waals surface area contributed by atoms with Gasteiger partial charge in [0, 0.05) is 36.4 Å². The minimum Gasteiger partial charge on any atom is -1.00 e. The van der Waals surface area contributed by atoms with Crippen molar-refractivity contribution in [3.8, 4) is 5.88 Å². The number of halogens is 4. The zero-order chi connectivity index (χ0) is 28.3. The lowest BCUT2D eigenvalue weighted by molar-refractivity contribution is -1.02. The fourth-order valence-electron chi connectivity index (χ4n) is 6.13. The molecule has 228 valence electrons. The van der Waals surface area contributed by atoms with Crippen molar-refractivity contribution in [1.82, 2.24) is 14.0 Å². The molecule has 0 atom stereocenters. The second kappa shape index (κ2) is 14.3. The topological polar surface area (TPSA) is 57.4 Å². The Morgan fingerprint density at radius 2 is 1.49 bits per heavy atom. The van der Waals surface area contributed by atoms with Crippen molar-refractivity contribution in [3.05, 3.63) is 112 Å². The van der Waals surface area contributed by atoms with Crippen LogP contribution in [0.4, 0.5) is 8.78 Å². The highest BCUT2D eigenvalue weighted by molar-refractivity contribution is 5.75. The molecule has 7 nitrogen and oxygen atoms in total. The van der Waals surface area contributed by atoms with E-state index in [1.807, 2.05) is 66.1 Å². The van der Waals surface area contributed by atoms with E-state index in [2.05, 4.69) is 0 Å². The van der Waals surface area contributed by atoms with E-state index in [4.69, 9.17) is 9.72 Å². The summed E-state index contributed by atoms with van der Waals surface area (Å²) >= 11 is 0. The second-order valence-corrected chi connectivity index (χ2v) is 10.7. The van der Waals surface area contributed by atoms with Gasteiger partial charge in [-0.1, -0.05) is 0 Å². The minimum atomic E-state index is -0.254. The van der Waals surface area contributed by atoms with E-state index in [0.717, 1.165) is 55.8 Å². The first kappa shape index (κ1) is 32.4. The summed E-state index contributed by atoms with van der Waals surface area (Å²) in [4.78, 5) is 20.4. The number of piperazine rings is 1. The lowest BCUT2D eigenvalue weighted by Crippen LogP contribution is -3.28. The second-order valence-electron chi connectivity index (χ2n) is 10.7. The molecule has 0 saturated carbocycles. The molecule has 0 radical (unpaired) electrons. The van der Waals surface area contributed by atoms with Crippen LogP contribution in [0.2, 0.25) is 0 Å². The third-order valence-corrected chi connectivity index (χ3v) is 8.22. The predicted octanol–water partition coefficient (Wildman–Crippen LogP) is -3.70. The maximum atomic E-state index is 13.6. The molecule has 0 aliphatic carbocycles. The lowest BCUT2D eigenvalue weighted by atomic mass is 9.96. The average molecular weight is 631 g/mol. The number of hydrogen-bond donors (Lipinski definition) is 2. The molecule has 0 bridgehead atoms. The third-order valence-electron chi connectivity index (χ3n) is 8.22. The summed E-state index contributed by atoms with van der Waals surface area (Å²) < 4.78 is 36.9. The molecule has 6 rings (SSSR count). The number of hydrogen-bond acceptors (Lipinski definition) is 3. The van der Waals surface area contributed by atoms with Gasteiger partial charge in [0.25, 0.3) is 5.56 Å². The van der Waals surface area contributed by atoms with Gasteiger partial charge in [-0.05, 0) is 73.7 Å². The number of quaternary nitrogens is 2. The van der Waals surface area contributed by atoms with Gasteiger partial charge in [0.05, 0.1) is 18.7 Å². The summed E-state index contributed by atoms with van der Waals surface area (Å²) in [7, 11) is 0.